The minimum atomic E-state index is -0.764. The smallest absolute Gasteiger partial charge is 0.437 e. The lowest BCUT2D eigenvalue weighted by Gasteiger charge is -2.05. The van der Waals surface area contributed by atoms with Gasteiger partial charge in [-0.2, -0.15) is 4.68 Å². The van der Waals surface area contributed by atoms with Gasteiger partial charge in [0.15, 0.2) is 0 Å². The lowest BCUT2D eigenvalue weighted by Crippen LogP contribution is -2.26. The summed E-state index contributed by atoms with van der Waals surface area (Å²) in [5.41, 5.74) is 2.56. The van der Waals surface area contributed by atoms with E-state index in [1.54, 1.807) is 31.2 Å². The number of carbonyl (C=O) groups is 2. The molecule has 4 rings (SSSR count). The molecule has 2 aromatic carbocycles. The lowest BCUT2D eigenvalue weighted by atomic mass is 10.1. The Morgan fingerprint density at radius 3 is 2.63 bits per heavy atom. The van der Waals surface area contributed by atoms with Crippen LogP contribution in [0.3, 0.4) is 0 Å². The van der Waals surface area contributed by atoms with Crippen LogP contribution in [0.15, 0.2) is 69.9 Å². The van der Waals surface area contributed by atoms with E-state index in [0.29, 0.717) is 10.6 Å². The zero-order valence-electron chi connectivity index (χ0n) is 18.9. The van der Waals surface area contributed by atoms with Crippen LogP contribution < -0.4 is 15.8 Å². The van der Waals surface area contributed by atoms with Crippen LogP contribution in [0.1, 0.15) is 17.3 Å². The first-order chi connectivity index (χ1) is 17.0. The Morgan fingerprint density at radius 1 is 1.11 bits per heavy atom. The van der Waals surface area contributed by atoms with E-state index in [1.807, 2.05) is 42.7 Å². The van der Waals surface area contributed by atoms with Gasteiger partial charge in [-0.3, -0.25) is 4.79 Å². The van der Waals surface area contributed by atoms with Crippen molar-refractivity contribution in [2.24, 2.45) is 0 Å². The van der Waals surface area contributed by atoms with Crippen molar-refractivity contribution in [3.05, 3.63) is 76.8 Å². The van der Waals surface area contributed by atoms with Crippen molar-refractivity contribution < 1.29 is 18.7 Å². The van der Waals surface area contributed by atoms with Crippen molar-refractivity contribution in [1.82, 2.24) is 9.78 Å². The molecule has 11 heteroatoms. The highest BCUT2D eigenvalue weighted by Crippen LogP contribution is 2.36. The summed E-state index contributed by atoms with van der Waals surface area (Å²) in [6.07, 6.45) is 1.89. The fourth-order valence-electron chi connectivity index (χ4n) is 3.25. The molecule has 2 aromatic heterocycles. The van der Waals surface area contributed by atoms with Crippen LogP contribution in [0.25, 0.3) is 21.9 Å². The van der Waals surface area contributed by atoms with Gasteiger partial charge in [-0.1, -0.05) is 48.3 Å². The standard InChI is InChI=1S/C24H22N4O5S2/c1-3-32-23(30)18-13-19(15-8-5-4-6-9-15)35-22(18)25-20(29)14-28-24(31)33-21(26-28)16-10-7-11-17(12-16)27-34-2/h4-13,27H,3,14H2,1-2H3,(H,25,29). The molecule has 1 amide bonds. The summed E-state index contributed by atoms with van der Waals surface area (Å²) < 4.78 is 14.4. The van der Waals surface area contributed by atoms with Gasteiger partial charge in [0.1, 0.15) is 11.5 Å². The molecule has 0 atom stereocenters. The van der Waals surface area contributed by atoms with Gasteiger partial charge in [-0.15, -0.1) is 16.4 Å². The summed E-state index contributed by atoms with van der Waals surface area (Å²) >= 11 is 2.67. The number of aromatic nitrogens is 2. The van der Waals surface area contributed by atoms with Crippen molar-refractivity contribution in [3.8, 4) is 21.9 Å². The summed E-state index contributed by atoms with van der Waals surface area (Å²) in [5, 5.41) is 7.20. The van der Waals surface area contributed by atoms with Crippen LogP contribution in [0.2, 0.25) is 0 Å². The second-order valence-electron chi connectivity index (χ2n) is 7.21. The average molecular weight is 511 g/mol. The number of rotatable bonds is 9. The zero-order chi connectivity index (χ0) is 24.8. The molecule has 0 fully saturated rings. The number of thiophene rings is 1. The number of nitrogens with one attached hydrogen (secondary N) is 2. The van der Waals surface area contributed by atoms with Crippen LogP contribution in [0.5, 0.6) is 0 Å². The topological polar surface area (TPSA) is 115 Å². The average Bonchev–Trinajstić information content (AvgIpc) is 3.44. The van der Waals surface area contributed by atoms with Crippen LogP contribution in [-0.2, 0) is 16.1 Å². The highest BCUT2D eigenvalue weighted by Gasteiger charge is 2.21. The number of esters is 1. The number of nitrogens with zero attached hydrogens (tertiary/aromatic N) is 2. The second-order valence-corrected chi connectivity index (χ2v) is 8.87. The van der Waals surface area contributed by atoms with Gasteiger partial charge in [0.05, 0.1) is 12.2 Å². The molecule has 180 valence electrons. The van der Waals surface area contributed by atoms with E-state index in [4.69, 9.17) is 9.15 Å². The predicted octanol–water partition coefficient (Wildman–Crippen LogP) is 4.74. The van der Waals surface area contributed by atoms with Crippen LogP contribution in [0, 0.1) is 0 Å². The van der Waals surface area contributed by atoms with Gasteiger partial charge < -0.3 is 19.2 Å². The van der Waals surface area contributed by atoms with E-state index in [9.17, 15) is 14.4 Å². The summed E-state index contributed by atoms with van der Waals surface area (Å²) in [7, 11) is 0. The van der Waals surface area contributed by atoms with Crippen LogP contribution >= 0.6 is 23.3 Å². The molecule has 35 heavy (non-hydrogen) atoms. The maximum Gasteiger partial charge on any atom is 0.437 e. The molecule has 0 unspecified atom stereocenters. The van der Waals surface area contributed by atoms with E-state index in [1.165, 1.54) is 23.3 Å². The summed E-state index contributed by atoms with van der Waals surface area (Å²) in [4.78, 5) is 38.4. The molecule has 2 N–H and O–H groups in total. The molecular formula is C24H22N4O5S2. The Hall–Kier alpha value is -3.83. The molecule has 0 aliphatic carbocycles. The van der Waals surface area contributed by atoms with Crippen molar-refractivity contribution in [3.63, 3.8) is 0 Å². The SMILES string of the molecule is CCOC(=O)c1cc(-c2ccccc2)sc1NC(=O)Cn1nc(-c2cccc(NSC)c2)oc1=O. The van der Waals surface area contributed by atoms with E-state index in [2.05, 4.69) is 15.1 Å². The number of amides is 1. The third-order valence-electron chi connectivity index (χ3n) is 4.77. The lowest BCUT2D eigenvalue weighted by molar-refractivity contribution is -0.117. The Labute approximate surface area is 209 Å². The number of hydrogen-bond donors (Lipinski definition) is 2. The summed E-state index contributed by atoms with van der Waals surface area (Å²) in [6, 6.07) is 18.4. The number of anilines is 2. The molecule has 0 aliphatic heterocycles. The first-order valence-electron chi connectivity index (χ1n) is 10.6. The van der Waals surface area contributed by atoms with Crippen LogP contribution in [0.4, 0.5) is 10.7 Å². The minimum absolute atomic E-state index is 0.0993. The van der Waals surface area contributed by atoms with Gasteiger partial charge in [-0.25, -0.2) is 9.59 Å². The Kier molecular flexibility index (Phi) is 7.68. The normalized spacial score (nSPS) is 10.7. The van der Waals surface area contributed by atoms with Crippen molar-refractivity contribution in [1.29, 1.82) is 0 Å². The monoisotopic (exact) mass is 510 g/mol. The quantitative estimate of drug-likeness (QED) is 0.245. The largest absolute Gasteiger partial charge is 0.462 e. The van der Waals surface area contributed by atoms with Gasteiger partial charge >= 0.3 is 11.7 Å². The first kappa shape index (κ1) is 24.3. The second kappa shape index (κ2) is 11.1. The van der Waals surface area contributed by atoms with Gasteiger partial charge in [-0.05, 0) is 36.8 Å². The van der Waals surface area contributed by atoms with E-state index in [-0.39, 0.29) is 24.6 Å². The fraction of sp³-hybridized carbons (Fsp3) is 0.167. The number of hydrogen-bond acceptors (Lipinski definition) is 9. The third kappa shape index (κ3) is 5.81. The molecule has 0 bridgehead atoms. The molecule has 2 heterocycles. The molecule has 0 saturated carbocycles. The van der Waals surface area contributed by atoms with E-state index in [0.717, 1.165) is 20.8 Å². The van der Waals surface area contributed by atoms with E-state index >= 15 is 0 Å². The zero-order valence-corrected chi connectivity index (χ0v) is 20.6. The molecule has 9 nitrogen and oxygen atoms in total. The van der Waals surface area contributed by atoms with Crippen molar-refractivity contribution in [2.45, 2.75) is 13.5 Å². The van der Waals surface area contributed by atoms with Gasteiger partial charge in [0.2, 0.25) is 11.8 Å². The number of carbonyl (C=O) groups excluding carboxylic acids is 2. The number of ether oxygens (including phenoxy) is 1. The molecule has 0 aliphatic rings. The Morgan fingerprint density at radius 2 is 1.89 bits per heavy atom. The molecular weight excluding hydrogens is 488 g/mol. The highest BCUT2D eigenvalue weighted by atomic mass is 32.2. The predicted molar refractivity (Wildman–Crippen MR) is 138 cm³/mol. The molecule has 0 saturated heterocycles. The summed E-state index contributed by atoms with van der Waals surface area (Å²) in [5.74, 6) is -1.74. The maximum absolute atomic E-state index is 12.8. The van der Waals surface area contributed by atoms with Crippen molar-refractivity contribution >= 4 is 45.8 Å². The first-order valence-corrected chi connectivity index (χ1v) is 12.7. The minimum Gasteiger partial charge on any atom is -0.462 e. The third-order valence-corrected chi connectivity index (χ3v) is 6.31. The Bertz CT molecular complexity index is 1390. The fourth-order valence-corrected chi connectivity index (χ4v) is 4.68. The van der Waals surface area contributed by atoms with E-state index < -0.39 is 17.6 Å². The molecule has 4 aromatic rings. The van der Waals surface area contributed by atoms with Crippen molar-refractivity contribution in [2.75, 3.05) is 22.9 Å². The molecule has 0 radical (unpaired) electrons. The molecule has 0 spiro atoms. The highest BCUT2D eigenvalue weighted by molar-refractivity contribution is 7.99. The summed E-state index contributed by atoms with van der Waals surface area (Å²) in [6.45, 7) is 1.53. The van der Waals surface area contributed by atoms with Gasteiger partial charge in [0, 0.05) is 22.4 Å². The maximum atomic E-state index is 12.8. The van der Waals surface area contributed by atoms with Gasteiger partial charge in [0.25, 0.3) is 0 Å². The number of benzene rings is 2. The van der Waals surface area contributed by atoms with Crippen LogP contribution in [-0.4, -0.2) is 34.5 Å². The Balaban J connectivity index is 1.55.